The van der Waals surface area contributed by atoms with Crippen molar-refractivity contribution < 1.29 is 0 Å². The van der Waals surface area contributed by atoms with Gasteiger partial charge in [0.15, 0.2) is 0 Å². The summed E-state index contributed by atoms with van der Waals surface area (Å²) in [4.78, 5) is 13.4. The maximum Gasteiger partial charge on any atom is 0.248 e. The van der Waals surface area contributed by atoms with Crippen molar-refractivity contribution in [1.82, 2.24) is 10.4 Å². The minimum Gasteiger partial charge on any atom is -0.323 e. The molecule has 0 unspecified atom stereocenters. The third kappa shape index (κ3) is 0.698. The van der Waals surface area contributed by atoms with Crippen LogP contribution in [-0.2, 0) is 6.54 Å². The van der Waals surface area contributed by atoms with E-state index in [1.807, 2.05) is 0 Å². The van der Waals surface area contributed by atoms with Crippen LogP contribution in [0.5, 0.6) is 0 Å². The molecule has 1 aliphatic heterocycles. The van der Waals surface area contributed by atoms with Crippen LogP contribution in [0, 0.1) is 0 Å². The van der Waals surface area contributed by atoms with Crippen LogP contribution in [0.1, 0.15) is 5.69 Å². The molecule has 0 bridgehead atoms. The second-order valence-electron chi connectivity index (χ2n) is 2.19. The standard InChI is InChI=1S/C6H7N3O/c10-6-2-1-4-5(8-6)3-7-9-4/h1-2,7,9H,3H2,(H,8,10). The summed E-state index contributed by atoms with van der Waals surface area (Å²) in [6, 6.07) is 3.26. The molecule has 4 heteroatoms. The Kier molecular flexibility index (Phi) is 1.01. The molecule has 1 aromatic rings. The van der Waals surface area contributed by atoms with Crippen LogP contribution >= 0.6 is 0 Å². The lowest BCUT2D eigenvalue weighted by Gasteiger charge is -1.93. The number of aromatic amines is 1. The zero-order chi connectivity index (χ0) is 6.97. The van der Waals surface area contributed by atoms with Gasteiger partial charge in [0.05, 0.1) is 17.9 Å². The van der Waals surface area contributed by atoms with Gasteiger partial charge in [0.1, 0.15) is 0 Å². The molecule has 0 saturated heterocycles. The normalized spacial score (nSPS) is 14.4. The first kappa shape index (κ1) is 5.49. The summed E-state index contributed by atoms with van der Waals surface area (Å²) in [5, 5.41) is 0. The largest absolute Gasteiger partial charge is 0.323 e. The minimum absolute atomic E-state index is 0.0516. The molecule has 0 saturated carbocycles. The summed E-state index contributed by atoms with van der Waals surface area (Å²) >= 11 is 0. The predicted molar refractivity (Wildman–Crippen MR) is 37.5 cm³/mol. The van der Waals surface area contributed by atoms with E-state index in [-0.39, 0.29) is 5.56 Å². The highest BCUT2D eigenvalue weighted by Gasteiger charge is 2.07. The molecule has 0 spiro atoms. The topological polar surface area (TPSA) is 56.9 Å². The molecule has 0 atom stereocenters. The van der Waals surface area contributed by atoms with Gasteiger partial charge in [-0.15, -0.1) is 0 Å². The second kappa shape index (κ2) is 1.85. The molecule has 0 amide bonds. The smallest absolute Gasteiger partial charge is 0.248 e. The van der Waals surface area contributed by atoms with Crippen LogP contribution in [-0.4, -0.2) is 4.98 Å². The molecule has 1 aromatic heterocycles. The maximum absolute atomic E-state index is 10.7. The van der Waals surface area contributed by atoms with Crippen LogP contribution in [0.25, 0.3) is 0 Å². The van der Waals surface area contributed by atoms with E-state index in [1.54, 1.807) is 6.07 Å². The van der Waals surface area contributed by atoms with E-state index >= 15 is 0 Å². The molecule has 2 rings (SSSR count). The van der Waals surface area contributed by atoms with Gasteiger partial charge >= 0.3 is 0 Å². The van der Waals surface area contributed by atoms with Crippen molar-refractivity contribution in [3.63, 3.8) is 0 Å². The minimum atomic E-state index is -0.0516. The van der Waals surface area contributed by atoms with Gasteiger partial charge in [-0.3, -0.25) is 4.79 Å². The SMILES string of the molecule is O=c1ccc2c([nH]1)CNN2. The lowest BCUT2D eigenvalue weighted by Crippen LogP contribution is -2.11. The highest BCUT2D eigenvalue weighted by Crippen LogP contribution is 2.12. The summed E-state index contributed by atoms with van der Waals surface area (Å²) < 4.78 is 0. The number of pyridine rings is 1. The Morgan fingerprint density at radius 3 is 3.20 bits per heavy atom. The fourth-order valence-corrected chi connectivity index (χ4v) is 1.00. The van der Waals surface area contributed by atoms with Crippen molar-refractivity contribution in [2.75, 3.05) is 5.43 Å². The highest BCUT2D eigenvalue weighted by atomic mass is 16.1. The van der Waals surface area contributed by atoms with Crippen molar-refractivity contribution in [3.8, 4) is 0 Å². The van der Waals surface area contributed by atoms with Crippen molar-refractivity contribution in [2.45, 2.75) is 6.54 Å². The quantitative estimate of drug-likeness (QED) is 0.464. The fraction of sp³-hybridized carbons (Fsp3) is 0.167. The number of hydrogen-bond donors (Lipinski definition) is 3. The number of fused-ring (bicyclic) bond motifs is 1. The molecule has 0 aromatic carbocycles. The Balaban J connectivity index is 2.63. The summed E-state index contributed by atoms with van der Waals surface area (Å²) in [5.41, 5.74) is 7.63. The molecular formula is C6H7N3O. The Morgan fingerprint density at radius 2 is 2.30 bits per heavy atom. The van der Waals surface area contributed by atoms with Gasteiger partial charge in [-0.1, -0.05) is 0 Å². The lowest BCUT2D eigenvalue weighted by atomic mass is 10.3. The van der Waals surface area contributed by atoms with Crippen LogP contribution in [0.4, 0.5) is 5.69 Å². The van der Waals surface area contributed by atoms with Crippen molar-refractivity contribution in [2.24, 2.45) is 0 Å². The monoisotopic (exact) mass is 137 g/mol. The number of aromatic nitrogens is 1. The number of hydrazine groups is 1. The van der Waals surface area contributed by atoms with Gasteiger partial charge in [0, 0.05) is 6.07 Å². The fourth-order valence-electron chi connectivity index (χ4n) is 1.00. The average Bonchev–Trinajstić information content (AvgIpc) is 2.33. The molecule has 0 radical (unpaired) electrons. The second-order valence-corrected chi connectivity index (χ2v) is 2.19. The Morgan fingerprint density at radius 1 is 1.40 bits per heavy atom. The van der Waals surface area contributed by atoms with Gasteiger partial charge in [0.2, 0.25) is 5.56 Å². The Hall–Kier alpha value is -1.29. The van der Waals surface area contributed by atoms with Gasteiger partial charge in [-0.25, -0.2) is 5.43 Å². The first-order valence-corrected chi connectivity index (χ1v) is 3.07. The van der Waals surface area contributed by atoms with E-state index < -0.39 is 0 Å². The summed E-state index contributed by atoms with van der Waals surface area (Å²) in [7, 11) is 0. The van der Waals surface area contributed by atoms with E-state index in [4.69, 9.17) is 0 Å². The lowest BCUT2D eigenvalue weighted by molar-refractivity contribution is 0.838. The van der Waals surface area contributed by atoms with E-state index in [9.17, 15) is 4.79 Å². The van der Waals surface area contributed by atoms with E-state index in [0.717, 1.165) is 11.4 Å². The first-order chi connectivity index (χ1) is 4.86. The van der Waals surface area contributed by atoms with Gasteiger partial charge < -0.3 is 10.4 Å². The first-order valence-electron chi connectivity index (χ1n) is 3.07. The van der Waals surface area contributed by atoms with Crippen LogP contribution < -0.4 is 16.4 Å². The Labute approximate surface area is 57.2 Å². The third-order valence-corrected chi connectivity index (χ3v) is 1.49. The number of hydrogen-bond acceptors (Lipinski definition) is 3. The number of nitrogens with one attached hydrogen (secondary N) is 3. The number of anilines is 1. The molecule has 1 aliphatic rings. The third-order valence-electron chi connectivity index (χ3n) is 1.49. The molecule has 4 nitrogen and oxygen atoms in total. The van der Waals surface area contributed by atoms with Gasteiger partial charge in [0.25, 0.3) is 0 Å². The summed E-state index contributed by atoms with van der Waals surface area (Å²) in [6.07, 6.45) is 0. The number of rotatable bonds is 0. The average molecular weight is 137 g/mol. The molecule has 52 valence electrons. The summed E-state index contributed by atoms with van der Waals surface area (Å²) in [6.45, 7) is 0.686. The number of H-pyrrole nitrogens is 1. The summed E-state index contributed by atoms with van der Waals surface area (Å²) in [5.74, 6) is 0. The molecule has 0 aliphatic carbocycles. The van der Waals surface area contributed by atoms with E-state index in [1.165, 1.54) is 6.07 Å². The van der Waals surface area contributed by atoms with E-state index in [2.05, 4.69) is 15.8 Å². The zero-order valence-electron chi connectivity index (χ0n) is 5.27. The van der Waals surface area contributed by atoms with Crippen LogP contribution in [0.2, 0.25) is 0 Å². The molecular weight excluding hydrogens is 130 g/mol. The molecule has 2 heterocycles. The maximum atomic E-state index is 10.7. The molecule has 3 N–H and O–H groups in total. The zero-order valence-corrected chi connectivity index (χ0v) is 5.27. The van der Waals surface area contributed by atoms with Crippen molar-refractivity contribution in [3.05, 3.63) is 28.2 Å². The molecule has 0 fully saturated rings. The van der Waals surface area contributed by atoms with Crippen LogP contribution in [0.15, 0.2) is 16.9 Å². The predicted octanol–water partition coefficient (Wildman–Crippen LogP) is -0.195. The van der Waals surface area contributed by atoms with Crippen molar-refractivity contribution in [1.29, 1.82) is 0 Å². The molecule has 10 heavy (non-hydrogen) atoms. The van der Waals surface area contributed by atoms with Gasteiger partial charge in [-0.05, 0) is 6.07 Å². The van der Waals surface area contributed by atoms with E-state index in [0.29, 0.717) is 6.54 Å². The van der Waals surface area contributed by atoms with Crippen molar-refractivity contribution >= 4 is 5.69 Å². The van der Waals surface area contributed by atoms with Gasteiger partial charge in [-0.2, -0.15) is 0 Å². The highest BCUT2D eigenvalue weighted by molar-refractivity contribution is 5.49. The Bertz CT molecular complexity index is 304. The van der Waals surface area contributed by atoms with Crippen LogP contribution in [0.3, 0.4) is 0 Å².